The van der Waals surface area contributed by atoms with E-state index in [1.165, 1.54) is 0 Å². The predicted molar refractivity (Wildman–Crippen MR) is 88.8 cm³/mol. The molecule has 4 heteroatoms. The number of alkyl halides is 1. The molecule has 0 aliphatic heterocycles. The molecule has 0 aliphatic carbocycles. The lowest BCUT2D eigenvalue weighted by molar-refractivity contribution is 0.192. The summed E-state index contributed by atoms with van der Waals surface area (Å²) in [5.74, 6) is 0.388. The fourth-order valence-electron chi connectivity index (χ4n) is 2.53. The van der Waals surface area contributed by atoms with Crippen LogP contribution in [0.25, 0.3) is 16.8 Å². The Kier molecular flexibility index (Phi) is 4.24. The van der Waals surface area contributed by atoms with Crippen molar-refractivity contribution in [2.45, 2.75) is 6.92 Å². The number of pyridine rings is 1. The van der Waals surface area contributed by atoms with E-state index in [1.807, 2.05) is 43.5 Å². The first-order chi connectivity index (χ1) is 11.2. The maximum absolute atomic E-state index is 12.3. The molecule has 0 atom stereocenters. The summed E-state index contributed by atoms with van der Waals surface area (Å²) in [6, 6.07) is 18.3. The second kappa shape index (κ2) is 6.48. The molecule has 3 aromatic rings. The van der Waals surface area contributed by atoms with E-state index in [-0.39, 0.29) is 5.56 Å². The van der Waals surface area contributed by atoms with Crippen molar-refractivity contribution in [1.82, 2.24) is 4.57 Å². The summed E-state index contributed by atoms with van der Waals surface area (Å²) in [7, 11) is 0. The first-order valence-electron chi connectivity index (χ1n) is 7.27. The molecule has 116 valence electrons. The number of aryl methyl sites for hydroxylation is 1. The lowest BCUT2D eigenvalue weighted by atomic mass is 10.0. The lowest BCUT2D eigenvalue weighted by Gasteiger charge is -2.12. The van der Waals surface area contributed by atoms with E-state index in [2.05, 4.69) is 0 Å². The van der Waals surface area contributed by atoms with Crippen LogP contribution >= 0.6 is 0 Å². The van der Waals surface area contributed by atoms with E-state index >= 15 is 0 Å². The minimum atomic E-state index is -0.901. The monoisotopic (exact) mass is 309 g/mol. The van der Waals surface area contributed by atoms with Crippen molar-refractivity contribution in [3.05, 3.63) is 82.8 Å². The van der Waals surface area contributed by atoms with E-state index in [9.17, 15) is 9.18 Å². The van der Waals surface area contributed by atoms with Crippen LogP contribution in [0.2, 0.25) is 0 Å². The summed E-state index contributed by atoms with van der Waals surface area (Å²) >= 11 is 0. The fraction of sp³-hybridized carbons (Fsp3) is 0.105. The number of rotatable bonds is 4. The van der Waals surface area contributed by atoms with E-state index in [4.69, 9.17) is 4.74 Å². The molecule has 0 bridgehead atoms. The SMILES string of the molecule is Cc1cc(=O)n(-c2cccc(OCF)c2)cc1-c1ccccc1. The molecule has 0 saturated carbocycles. The molecule has 0 fully saturated rings. The summed E-state index contributed by atoms with van der Waals surface area (Å²) in [5.41, 5.74) is 3.42. The van der Waals surface area contributed by atoms with Gasteiger partial charge in [-0.1, -0.05) is 36.4 Å². The van der Waals surface area contributed by atoms with Gasteiger partial charge in [0.15, 0.2) is 0 Å². The average molecular weight is 309 g/mol. The van der Waals surface area contributed by atoms with E-state index < -0.39 is 6.86 Å². The first kappa shape index (κ1) is 15.0. The Balaban J connectivity index is 2.13. The molecule has 3 nitrogen and oxygen atoms in total. The molecule has 23 heavy (non-hydrogen) atoms. The summed E-state index contributed by atoms with van der Waals surface area (Å²) in [4.78, 5) is 12.3. The van der Waals surface area contributed by atoms with Gasteiger partial charge in [-0.2, -0.15) is 0 Å². The molecule has 0 saturated heterocycles. The summed E-state index contributed by atoms with van der Waals surface area (Å²) in [5, 5.41) is 0. The van der Waals surface area contributed by atoms with Crippen LogP contribution in [0.5, 0.6) is 5.75 Å². The van der Waals surface area contributed by atoms with Crippen LogP contribution in [0.4, 0.5) is 4.39 Å². The van der Waals surface area contributed by atoms with Gasteiger partial charge in [-0.3, -0.25) is 9.36 Å². The van der Waals surface area contributed by atoms with Gasteiger partial charge in [0.05, 0.1) is 5.69 Å². The quantitative estimate of drug-likeness (QED) is 0.726. The zero-order valence-electron chi connectivity index (χ0n) is 12.7. The summed E-state index contributed by atoms with van der Waals surface area (Å²) in [6.45, 7) is 1.01. The standard InChI is InChI=1S/C19H16FNO2/c1-14-10-19(22)21(12-18(14)15-6-3-2-4-7-15)16-8-5-9-17(11-16)23-13-20/h2-12H,13H2,1H3. The molecule has 0 unspecified atom stereocenters. The minimum Gasteiger partial charge on any atom is -0.463 e. The molecule has 0 N–H and O–H groups in total. The average Bonchev–Trinajstić information content (AvgIpc) is 2.56. The van der Waals surface area contributed by atoms with Crippen molar-refractivity contribution in [2.75, 3.05) is 6.86 Å². The lowest BCUT2D eigenvalue weighted by Crippen LogP contribution is -2.17. The van der Waals surface area contributed by atoms with Gasteiger partial charge in [-0.25, -0.2) is 4.39 Å². The molecule has 3 rings (SSSR count). The highest BCUT2D eigenvalue weighted by Gasteiger charge is 2.08. The largest absolute Gasteiger partial charge is 0.463 e. The van der Waals surface area contributed by atoms with E-state index in [1.54, 1.807) is 34.9 Å². The predicted octanol–water partition coefficient (Wildman–Crippen LogP) is 4.12. The van der Waals surface area contributed by atoms with Crippen LogP contribution in [0.1, 0.15) is 5.56 Å². The highest BCUT2D eigenvalue weighted by Crippen LogP contribution is 2.23. The molecule has 2 aromatic carbocycles. The molecule has 0 aliphatic rings. The zero-order valence-corrected chi connectivity index (χ0v) is 12.7. The molecule has 1 heterocycles. The third-order valence-electron chi connectivity index (χ3n) is 3.66. The van der Waals surface area contributed by atoms with Crippen molar-refractivity contribution in [2.24, 2.45) is 0 Å². The van der Waals surface area contributed by atoms with Crippen LogP contribution in [0.3, 0.4) is 0 Å². The van der Waals surface area contributed by atoms with Gasteiger partial charge in [0.2, 0.25) is 6.86 Å². The van der Waals surface area contributed by atoms with Gasteiger partial charge in [-0.05, 0) is 30.2 Å². The number of benzene rings is 2. The first-order valence-corrected chi connectivity index (χ1v) is 7.27. The second-order valence-corrected chi connectivity index (χ2v) is 5.20. The second-order valence-electron chi connectivity index (χ2n) is 5.20. The van der Waals surface area contributed by atoms with E-state index in [0.29, 0.717) is 11.4 Å². The van der Waals surface area contributed by atoms with Crippen LogP contribution in [0, 0.1) is 6.92 Å². The minimum absolute atomic E-state index is 0.139. The van der Waals surface area contributed by atoms with Gasteiger partial charge in [-0.15, -0.1) is 0 Å². The van der Waals surface area contributed by atoms with Crippen LogP contribution in [-0.4, -0.2) is 11.4 Å². The fourth-order valence-corrected chi connectivity index (χ4v) is 2.53. The summed E-state index contributed by atoms with van der Waals surface area (Å²) < 4.78 is 18.7. The van der Waals surface area contributed by atoms with Crippen LogP contribution in [-0.2, 0) is 0 Å². The molecular formula is C19H16FNO2. The third kappa shape index (κ3) is 3.16. The van der Waals surface area contributed by atoms with Crippen molar-refractivity contribution in [3.8, 4) is 22.6 Å². The van der Waals surface area contributed by atoms with E-state index in [0.717, 1.165) is 16.7 Å². The van der Waals surface area contributed by atoms with Crippen molar-refractivity contribution in [1.29, 1.82) is 0 Å². The number of ether oxygens (including phenoxy) is 1. The molecule has 0 spiro atoms. The third-order valence-corrected chi connectivity index (χ3v) is 3.66. The summed E-state index contributed by atoms with van der Waals surface area (Å²) in [6.07, 6.45) is 1.81. The van der Waals surface area contributed by atoms with Gasteiger partial charge in [0, 0.05) is 23.9 Å². The maximum atomic E-state index is 12.3. The van der Waals surface area contributed by atoms with Gasteiger partial charge in [0.1, 0.15) is 5.75 Å². The van der Waals surface area contributed by atoms with Gasteiger partial charge in [0.25, 0.3) is 5.56 Å². The topological polar surface area (TPSA) is 31.2 Å². The van der Waals surface area contributed by atoms with Gasteiger partial charge >= 0.3 is 0 Å². The van der Waals surface area contributed by atoms with Gasteiger partial charge < -0.3 is 4.74 Å². The molecule has 0 amide bonds. The number of hydrogen-bond acceptors (Lipinski definition) is 2. The highest BCUT2D eigenvalue weighted by atomic mass is 19.1. The number of aromatic nitrogens is 1. The van der Waals surface area contributed by atoms with Crippen molar-refractivity contribution in [3.63, 3.8) is 0 Å². The maximum Gasteiger partial charge on any atom is 0.255 e. The number of hydrogen-bond donors (Lipinski definition) is 0. The Bertz CT molecular complexity index is 872. The zero-order chi connectivity index (χ0) is 16.2. The Morgan fingerprint density at radius 2 is 1.83 bits per heavy atom. The Labute approximate surface area is 133 Å². The molecular weight excluding hydrogens is 293 g/mol. The van der Waals surface area contributed by atoms with Crippen molar-refractivity contribution >= 4 is 0 Å². The molecule has 1 aromatic heterocycles. The Hall–Kier alpha value is -2.88. The highest BCUT2D eigenvalue weighted by molar-refractivity contribution is 5.66. The Morgan fingerprint density at radius 1 is 1.04 bits per heavy atom. The number of halogens is 1. The normalized spacial score (nSPS) is 10.5. The van der Waals surface area contributed by atoms with Crippen LogP contribution in [0.15, 0.2) is 71.7 Å². The van der Waals surface area contributed by atoms with Crippen molar-refractivity contribution < 1.29 is 9.13 Å². The number of nitrogens with zero attached hydrogens (tertiary/aromatic N) is 1. The molecule has 0 radical (unpaired) electrons. The van der Waals surface area contributed by atoms with Crippen LogP contribution < -0.4 is 10.3 Å². The smallest absolute Gasteiger partial charge is 0.255 e. The Morgan fingerprint density at radius 3 is 2.57 bits per heavy atom.